The van der Waals surface area contributed by atoms with E-state index in [4.69, 9.17) is 10.5 Å². The van der Waals surface area contributed by atoms with E-state index < -0.39 is 15.6 Å². The molecule has 0 saturated carbocycles. The molecule has 7 heteroatoms. The van der Waals surface area contributed by atoms with Crippen LogP contribution in [0.4, 0.5) is 5.69 Å². The molecular formula is C12H18N2O4S. The van der Waals surface area contributed by atoms with Gasteiger partial charge in [0.2, 0.25) is 10.0 Å². The highest BCUT2D eigenvalue weighted by Gasteiger charge is 2.39. The van der Waals surface area contributed by atoms with E-state index in [2.05, 4.69) is 0 Å². The zero-order valence-corrected chi connectivity index (χ0v) is 11.8. The molecule has 19 heavy (non-hydrogen) atoms. The summed E-state index contributed by atoms with van der Waals surface area (Å²) in [5, 5.41) is 9.89. The van der Waals surface area contributed by atoms with Crippen molar-refractivity contribution >= 4 is 15.7 Å². The molecule has 0 spiro atoms. The van der Waals surface area contributed by atoms with Gasteiger partial charge in [0.05, 0.1) is 12.7 Å². The van der Waals surface area contributed by atoms with Crippen molar-refractivity contribution in [2.24, 2.45) is 0 Å². The van der Waals surface area contributed by atoms with E-state index >= 15 is 0 Å². The first kappa shape index (κ1) is 14.1. The molecule has 1 aromatic carbocycles. The molecule has 0 aliphatic carbocycles. The van der Waals surface area contributed by atoms with Gasteiger partial charge in [0.1, 0.15) is 10.6 Å². The number of rotatable bonds is 3. The van der Waals surface area contributed by atoms with Crippen molar-refractivity contribution in [1.29, 1.82) is 0 Å². The Balaban J connectivity index is 2.43. The Labute approximate surface area is 112 Å². The van der Waals surface area contributed by atoms with E-state index in [1.54, 1.807) is 13.0 Å². The first-order valence-electron chi connectivity index (χ1n) is 5.92. The lowest BCUT2D eigenvalue weighted by atomic mass is 10.1. The van der Waals surface area contributed by atoms with Crippen LogP contribution >= 0.6 is 0 Å². The Bertz CT molecular complexity index is 583. The largest absolute Gasteiger partial charge is 0.495 e. The Morgan fingerprint density at radius 2 is 2.16 bits per heavy atom. The number of methoxy groups -OCH3 is 1. The van der Waals surface area contributed by atoms with E-state index in [1.165, 1.54) is 23.5 Å². The molecule has 0 bridgehead atoms. The maximum Gasteiger partial charge on any atom is 0.246 e. The molecule has 1 aliphatic heterocycles. The highest BCUT2D eigenvalue weighted by atomic mass is 32.2. The highest BCUT2D eigenvalue weighted by molar-refractivity contribution is 7.89. The molecule has 106 valence electrons. The quantitative estimate of drug-likeness (QED) is 0.786. The second-order valence-corrected chi connectivity index (χ2v) is 6.90. The second-order valence-electron chi connectivity index (χ2n) is 5.00. The van der Waals surface area contributed by atoms with Gasteiger partial charge in [-0.15, -0.1) is 0 Å². The van der Waals surface area contributed by atoms with Crippen LogP contribution in [0.1, 0.15) is 13.3 Å². The zero-order chi connectivity index (χ0) is 14.3. The van der Waals surface area contributed by atoms with Gasteiger partial charge in [-0.05, 0) is 31.5 Å². The van der Waals surface area contributed by atoms with Crippen LogP contribution in [-0.2, 0) is 10.0 Å². The molecule has 1 aliphatic rings. The summed E-state index contributed by atoms with van der Waals surface area (Å²) in [7, 11) is -2.30. The zero-order valence-electron chi connectivity index (χ0n) is 11.0. The monoisotopic (exact) mass is 286 g/mol. The Morgan fingerprint density at radius 1 is 1.47 bits per heavy atom. The van der Waals surface area contributed by atoms with Crippen molar-refractivity contribution in [2.45, 2.75) is 23.8 Å². The van der Waals surface area contributed by atoms with Gasteiger partial charge < -0.3 is 15.6 Å². The number of hydrogen-bond acceptors (Lipinski definition) is 5. The third-order valence-corrected chi connectivity index (χ3v) is 5.09. The van der Waals surface area contributed by atoms with E-state index in [0.717, 1.165) is 0 Å². The molecule has 1 aromatic rings. The molecule has 0 radical (unpaired) electrons. The summed E-state index contributed by atoms with van der Waals surface area (Å²) >= 11 is 0. The third kappa shape index (κ3) is 2.68. The van der Waals surface area contributed by atoms with Crippen LogP contribution < -0.4 is 10.5 Å². The van der Waals surface area contributed by atoms with E-state index in [1.807, 2.05) is 0 Å². The lowest BCUT2D eigenvalue weighted by Gasteiger charge is -2.20. The first-order chi connectivity index (χ1) is 8.76. The summed E-state index contributed by atoms with van der Waals surface area (Å²) in [5.41, 5.74) is 5.01. The Hall–Kier alpha value is -1.31. The van der Waals surface area contributed by atoms with Crippen molar-refractivity contribution in [3.8, 4) is 5.75 Å². The summed E-state index contributed by atoms with van der Waals surface area (Å²) in [5.74, 6) is 0.251. The van der Waals surface area contributed by atoms with Gasteiger partial charge in [-0.25, -0.2) is 8.42 Å². The van der Waals surface area contributed by atoms with Crippen LogP contribution in [0.25, 0.3) is 0 Å². The Morgan fingerprint density at radius 3 is 2.68 bits per heavy atom. The molecular weight excluding hydrogens is 268 g/mol. The fourth-order valence-electron chi connectivity index (χ4n) is 2.14. The number of nitrogen functional groups attached to an aromatic ring is 1. The molecule has 2 rings (SSSR count). The molecule has 1 atom stereocenters. The van der Waals surface area contributed by atoms with Gasteiger partial charge in [-0.2, -0.15) is 4.31 Å². The van der Waals surface area contributed by atoms with Crippen LogP contribution in [0, 0.1) is 0 Å². The number of benzene rings is 1. The molecule has 1 saturated heterocycles. The molecule has 1 heterocycles. The summed E-state index contributed by atoms with van der Waals surface area (Å²) in [6, 6.07) is 4.48. The van der Waals surface area contributed by atoms with E-state index in [9.17, 15) is 13.5 Å². The van der Waals surface area contributed by atoms with Crippen molar-refractivity contribution in [3.63, 3.8) is 0 Å². The molecule has 6 nitrogen and oxygen atoms in total. The number of aliphatic hydroxyl groups is 1. The predicted octanol–water partition coefficient (Wildman–Crippen LogP) is 0.423. The van der Waals surface area contributed by atoms with Crippen LogP contribution in [0.15, 0.2) is 23.1 Å². The minimum Gasteiger partial charge on any atom is -0.495 e. The summed E-state index contributed by atoms with van der Waals surface area (Å²) < 4.78 is 31.4. The second kappa shape index (κ2) is 4.66. The predicted molar refractivity (Wildman–Crippen MR) is 71.4 cm³/mol. The molecule has 0 amide bonds. The number of hydrogen-bond donors (Lipinski definition) is 2. The number of ether oxygens (including phenoxy) is 1. The fourth-order valence-corrected chi connectivity index (χ4v) is 3.89. The molecule has 1 unspecified atom stereocenters. The van der Waals surface area contributed by atoms with Crippen molar-refractivity contribution in [3.05, 3.63) is 18.2 Å². The minimum absolute atomic E-state index is 0.0349. The van der Waals surface area contributed by atoms with Crippen LogP contribution in [0.2, 0.25) is 0 Å². The standard InChI is InChI=1S/C12H18N2O4S/c1-12(15)5-6-14(8-12)19(16,17)11-7-9(13)3-4-10(11)18-2/h3-4,7,15H,5-6,8,13H2,1-2H3. The van der Waals surface area contributed by atoms with E-state index in [0.29, 0.717) is 12.1 Å². The van der Waals surface area contributed by atoms with Crippen molar-refractivity contribution in [1.82, 2.24) is 4.31 Å². The normalized spacial score (nSPS) is 24.6. The van der Waals surface area contributed by atoms with Crippen LogP contribution in [-0.4, -0.2) is 43.6 Å². The van der Waals surface area contributed by atoms with Crippen molar-refractivity contribution in [2.75, 3.05) is 25.9 Å². The maximum atomic E-state index is 12.5. The number of β-amino-alcohol motifs (C(OH)–C–C–N with tert-alkyl or cyclic N) is 1. The van der Waals surface area contributed by atoms with E-state index in [-0.39, 0.29) is 23.7 Å². The smallest absolute Gasteiger partial charge is 0.246 e. The highest BCUT2D eigenvalue weighted by Crippen LogP contribution is 2.32. The average molecular weight is 286 g/mol. The lowest BCUT2D eigenvalue weighted by Crippen LogP contribution is -2.34. The average Bonchev–Trinajstić information content (AvgIpc) is 2.70. The van der Waals surface area contributed by atoms with Gasteiger partial charge in [-0.1, -0.05) is 0 Å². The van der Waals surface area contributed by atoms with Crippen LogP contribution in [0.5, 0.6) is 5.75 Å². The number of sulfonamides is 1. The molecule has 3 N–H and O–H groups in total. The number of anilines is 1. The molecule has 0 aromatic heterocycles. The first-order valence-corrected chi connectivity index (χ1v) is 7.36. The summed E-state index contributed by atoms with van der Waals surface area (Å²) in [4.78, 5) is 0.0349. The van der Waals surface area contributed by atoms with Gasteiger partial charge in [0, 0.05) is 18.8 Å². The third-order valence-electron chi connectivity index (χ3n) is 3.22. The van der Waals surface area contributed by atoms with Crippen LogP contribution in [0.3, 0.4) is 0 Å². The summed E-state index contributed by atoms with van der Waals surface area (Å²) in [6.45, 7) is 1.99. The van der Waals surface area contributed by atoms with Gasteiger partial charge >= 0.3 is 0 Å². The fraction of sp³-hybridized carbons (Fsp3) is 0.500. The van der Waals surface area contributed by atoms with Gasteiger partial charge in [0.15, 0.2) is 0 Å². The summed E-state index contributed by atoms with van der Waals surface area (Å²) in [6.07, 6.45) is 0.414. The topological polar surface area (TPSA) is 92.9 Å². The van der Waals surface area contributed by atoms with Crippen molar-refractivity contribution < 1.29 is 18.3 Å². The number of nitrogens with two attached hydrogens (primary N) is 1. The minimum atomic E-state index is -3.71. The maximum absolute atomic E-state index is 12.5. The number of nitrogens with zero attached hydrogens (tertiary/aromatic N) is 1. The SMILES string of the molecule is COc1ccc(N)cc1S(=O)(=O)N1CCC(C)(O)C1. The van der Waals surface area contributed by atoms with Gasteiger partial charge in [-0.3, -0.25) is 0 Å². The molecule has 1 fully saturated rings. The Kier molecular flexibility index (Phi) is 3.46. The van der Waals surface area contributed by atoms with Gasteiger partial charge in [0.25, 0.3) is 0 Å². The lowest BCUT2D eigenvalue weighted by molar-refractivity contribution is 0.0762.